The van der Waals surface area contributed by atoms with E-state index in [0.717, 1.165) is 39.0 Å². The zero-order valence-corrected chi connectivity index (χ0v) is 18.8. The fourth-order valence-corrected chi connectivity index (χ4v) is 5.44. The Hall–Kier alpha value is -2.97. The van der Waals surface area contributed by atoms with Gasteiger partial charge in [0.1, 0.15) is 5.00 Å². The van der Waals surface area contributed by atoms with Gasteiger partial charge in [-0.05, 0) is 49.2 Å². The fourth-order valence-electron chi connectivity index (χ4n) is 4.25. The molecular formula is C22H21ClN6OS. The predicted molar refractivity (Wildman–Crippen MR) is 126 cm³/mol. The predicted octanol–water partition coefficient (Wildman–Crippen LogP) is 4.42. The van der Waals surface area contributed by atoms with Crippen LogP contribution in [-0.4, -0.2) is 56.0 Å². The molecule has 1 saturated heterocycles. The number of amides is 1. The molecule has 5 rings (SSSR count). The smallest absolute Gasteiger partial charge is 0.246 e. The van der Waals surface area contributed by atoms with Crippen molar-refractivity contribution in [2.45, 2.75) is 19.9 Å². The van der Waals surface area contributed by atoms with Crippen LogP contribution in [0.15, 0.2) is 37.1 Å². The summed E-state index contributed by atoms with van der Waals surface area (Å²) in [4.78, 5) is 20.9. The number of rotatable bonds is 3. The van der Waals surface area contributed by atoms with Crippen LogP contribution in [0.3, 0.4) is 0 Å². The van der Waals surface area contributed by atoms with Gasteiger partial charge < -0.3 is 9.80 Å². The molecule has 0 aliphatic carbocycles. The number of anilines is 1. The first kappa shape index (κ1) is 20.0. The highest BCUT2D eigenvalue weighted by molar-refractivity contribution is 7.11. The Morgan fingerprint density at radius 3 is 2.97 bits per heavy atom. The minimum absolute atomic E-state index is 0.0289. The Morgan fingerprint density at radius 2 is 2.19 bits per heavy atom. The molecule has 1 atom stereocenters. The van der Waals surface area contributed by atoms with Crippen molar-refractivity contribution in [1.82, 2.24) is 24.5 Å². The van der Waals surface area contributed by atoms with Crippen molar-refractivity contribution >= 4 is 56.0 Å². The van der Waals surface area contributed by atoms with Crippen molar-refractivity contribution < 1.29 is 4.79 Å². The monoisotopic (exact) mass is 452 g/mol. The lowest BCUT2D eigenvalue weighted by Gasteiger charge is -2.40. The summed E-state index contributed by atoms with van der Waals surface area (Å²) in [6.07, 6.45) is 3.18. The average molecular weight is 453 g/mol. The largest absolute Gasteiger partial charge is 0.355 e. The second-order valence-electron chi connectivity index (χ2n) is 7.80. The molecule has 0 radical (unpaired) electrons. The van der Waals surface area contributed by atoms with E-state index in [1.165, 1.54) is 17.6 Å². The summed E-state index contributed by atoms with van der Waals surface area (Å²) in [6.45, 7) is 9.77. The molecule has 7 nitrogen and oxygen atoms in total. The van der Waals surface area contributed by atoms with Gasteiger partial charge >= 0.3 is 0 Å². The Bertz CT molecular complexity index is 1330. The van der Waals surface area contributed by atoms with E-state index >= 15 is 0 Å². The first-order chi connectivity index (χ1) is 15.0. The van der Waals surface area contributed by atoms with E-state index in [1.54, 1.807) is 6.20 Å². The van der Waals surface area contributed by atoms with E-state index in [0.29, 0.717) is 29.5 Å². The summed E-state index contributed by atoms with van der Waals surface area (Å²) >= 11 is 8.19. The van der Waals surface area contributed by atoms with Gasteiger partial charge in [0.05, 0.1) is 27.8 Å². The number of nitrogens with one attached hydrogen (secondary N) is 1. The van der Waals surface area contributed by atoms with Crippen LogP contribution in [0, 0.1) is 6.92 Å². The number of hydrogen-bond acceptors (Lipinski definition) is 6. The van der Waals surface area contributed by atoms with Crippen LogP contribution in [0.5, 0.6) is 0 Å². The molecule has 4 heterocycles. The quantitative estimate of drug-likeness (QED) is 0.465. The number of H-pyrrole nitrogens is 1. The zero-order valence-electron chi connectivity index (χ0n) is 17.2. The molecule has 31 heavy (non-hydrogen) atoms. The summed E-state index contributed by atoms with van der Waals surface area (Å²) in [6, 6.07) is 6.16. The summed E-state index contributed by atoms with van der Waals surface area (Å²) in [7, 11) is 0. The maximum Gasteiger partial charge on any atom is 0.246 e. The number of aryl methyl sites for hydroxylation is 1. The van der Waals surface area contributed by atoms with Gasteiger partial charge in [0.25, 0.3) is 0 Å². The summed E-state index contributed by atoms with van der Waals surface area (Å²) in [5, 5.41) is 10.7. The van der Waals surface area contributed by atoms with Crippen molar-refractivity contribution in [3.05, 3.63) is 47.6 Å². The number of halogens is 1. The molecule has 9 heteroatoms. The molecule has 1 aliphatic rings. The SMILES string of the molecule is C=CC(=O)N1CCN(c2snc3nc(-c4c(C)ccc5[nH]ncc45)c(Cl)cc23)[C@H](C)C1. The summed E-state index contributed by atoms with van der Waals surface area (Å²) in [5.74, 6) is -0.0289. The van der Waals surface area contributed by atoms with Crippen LogP contribution in [0.25, 0.3) is 33.2 Å². The molecule has 0 spiro atoms. The van der Waals surface area contributed by atoms with Gasteiger partial charge in [-0.3, -0.25) is 9.89 Å². The fraction of sp³-hybridized carbons (Fsp3) is 0.273. The van der Waals surface area contributed by atoms with E-state index in [-0.39, 0.29) is 11.9 Å². The van der Waals surface area contributed by atoms with Gasteiger partial charge in [0.15, 0.2) is 5.65 Å². The van der Waals surface area contributed by atoms with E-state index in [2.05, 4.69) is 33.0 Å². The molecular weight excluding hydrogens is 432 g/mol. The van der Waals surface area contributed by atoms with E-state index in [9.17, 15) is 4.79 Å². The van der Waals surface area contributed by atoms with Crippen LogP contribution in [0.4, 0.5) is 5.00 Å². The zero-order chi connectivity index (χ0) is 21.7. The van der Waals surface area contributed by atoms with Gasteiger partial charge in [-0.2, -0.15) is 9.47 Å². The summed E-state index contributed by atoms with van der Waals surface area (Å²) in [5.41, 5.74) is 4.38. The van der Waals surface area contributed by atoms with Crippen molar-refractivity contribution in [2.75, 3.05) is 24.5 Å². The molecule has 1 amide bonds. The highest BCUT2D eigenvalue weighted by Crippen LogP contribution is 2.40. The maximum atomic E-state index is 12.0. The number of aromatic amines is 1. The average Bonchev–Trinajstić information content (AvgIpc) is 3.39. The molecule has 158 valence electrons. The lowest BCUT2D eigenvalue weighted by molar-refractivity contribution is -0.126. The van der Waals surface area contributed by atoms with Crippen LogP contribution >= 0.6 is 23.1 Å². The first-order valence-corrected chi connectivity index (χ1v) is 11.2. The number of fused-ring (bicyclic) bond motifs is 2. The Balaban J connectivity index is 1.55. The number of pyridine rings is 1. The Morgan fingerprint density at radius 1 is 1.35 bits per heavy atom. The summed E-state index contributed by atoms with van der Waals surface area (Å²) < 4.78 is 4.63. The number of benzene rings is 1. The third-order valence-corrected chi connectivity index (χ3v) is 7.03. The van der Waals surface area contributed by atoms with Gasteiger partial charge in [-0.1, -0.05) is 24.2 Å². The van der Waals surface area contributed by atoms with Crippen LogP contribution in [0.2, 0.25) is 5.02 Å². The normalized spacial score (nSPS) is 16.9. The van der Waals surface area contributed by atoms with Crippen molar-refractivity contribution in [2.24, 2.45) is 0 Å². The second kappa shape index (κ2) is 7.62. The van der Waals surface area contributed by atoms with Gasteiger partial charge in [-0.25, -0.2) is 4.98 Å². The maximum absolute atomic E-state index is 12.0. The molecule has 4 aromatic rings. The number of hydrogen-bond donors (Lipinski definition) is 1. The second-order valence-corrected chi connectivity index (χ2v) is 8.96. The lowest BCUT2D eigenvalue weighted by Crippen LogP contribution is -2.53. The van der Waals surface area contributed by atoms with Crippen LogP contribution in [-0.2, 0) is 4.79 Å². The third-order valence-electron chi connectivity index (χ3n) is 5.85. The molecule has 0 unspecified atom stereocenters. The minimum atomic E-state index is -0.0289. The van der Waals surface area contributed by atoms with Crippen molar-refractivity contribution in [3.63, 3.8) is 0 Å². The molecule has 1 aromatic carbocycles. The first-order valence-electron chi connectivity index (χ1n) is 10.0. The highest BCUT2D eigenvalue weighted by atomic mass is 35.5. The highest BCUT2D eigenvalue weighted by Gasteiger charge is 2.29. The molecule has 1 aliphatic heterocycles. The molecule has 0 saturated carbocycles. The number of piperazine rings is 1. The molecule has 1 fully saturated rings. The van der Waals surface area contributed by atoms with E-state index < -0.39 is 0 Å². The molecule has 1 N–H and O–H groups in total. The van der Waals surface area contributed by atoms with E-state index in [1.807, 2.05) is 30.0 Å². The lowest BCUT2D eigenvalue weighted by atomic mass is 10.0. The molecule has 3 aromatic heterocycles. The van der Waals surface area contributed by atoms with E-state index in [4.69, 9.17) is 16.6 Å². The third kappa shape index (κ3) is 3.26. The van der Waals surface area contributed by atoms with Crippen LogP contribution in [0.1, 0.15) is 12.5 Å². The Kier molecular flexibility index (Phi) is 4.91. The van der Waals surface area contributed by atoms with Crippen molar-refractivity contribution in [3.8, 4) is 11.3 Å². The number of nitrogens with zero attached hydrogens (tertiary/aromatic N) is 5. The van der Waals surface area contributed by atoms with Gasteiger partial charge in [-0.15, -0.1) is 0 Å². The number of carbonyl (C=O) groups excluding carboxylic acids is 1. The van der Waals surface area contributed by atoms with Crippen molar-refractivity contribution in [1.29, 1.82) is 0 Å². The van der Waals surface area contributed by atoms with Crippen LogP contribution < -0.4 is 4.90 Å². The number of aromatic nitrogens is 4. The van der Waals surface area contributed by atoms with Gasteiger partial charge in [0, 0.05) is 36.6 Å². The minimum Gasteiger partial charge on any atom is -0.355 e. The standard InChI is InChI=1S/C22H21ClN6OS/c1-4-18(30)28-7-8-29(13(3)11-28)22-14-9-16(23)20(25-21(14)27-31-22)19-12(2)5-6-17-15(19)10-24-26-17/h4-6,9-10,13H,1,7-8,11H2,2-3H3,(H,24,26)/t13-/m1/s1. The van der Waals surface area contributed by atoms with Gasteiger partial charge in [0.2, 0.25) is 5.91 Å². The topological polar surface area (TPSA) is 78.0 Å². The molecule has 0 bridgehead atoms. The number of carbonyl (C=O) groups is 1. The Labute approximate surface area is 188 Å².